The minimum absolute atomic E-state index is 0.439. The van der Waals surface area contributed by atoms with E-state index in [1.54, 1.807) is 7.11 Å². The molecule has 0 aliphatic heterocycles. The zero-order chi connectivity index (χ0) is 15.1. The lowest BCUT2D eigenvalue weighted by molar-refractivity contribution is 0.404. The fraction of sp³-hybridized carbons (Fsp3) is 0.368. The second-order valence-electron chi connectivity index (χ2n) is 5.49. The molecule has 0 amide bonds. The Kier molecular flexibility index (Phi) is 5.82. The molecule has 112 valence electrons. The second-order valence-corrected chi connectivity index (χ2v) is 5.49. The van der Waals surface area contributed by atoms with E-state index < -0.39 is 0 Å². The Hall–Kier alpha value is -1.80. The van der Waals surface area contributed by atoms with Crippen molar-refractivity contribution in [1.29, 1.82) is 0 Å². The van der Waals surface area contributed by atoms with E-state index in [0.717, 1.165) is 25.0 Å². The number of benzene rings is 2. The number of nitrogens with two attached hydrogens (primary N) is 1. The van der Waals surface area contributed by atoms with Gasteiger partial charge in [0.2, 0.25) is 0 Å². The number of aryl methyl sites for hydroxylation is 1. The van der Waals surface area contributed by atoms with Gasteiger partial charge in [-0.05, 0) is 54.5 Å². The van der Waals surface area contributed by atoms with Gasteiger partial charge in [0.15, 0.2) is 0 Å². The van der Waals surface area contributed by atoms with Crippen molar-refractivity contribution in [2.45, 2.75) is 26.2 Å². The minimum atomic E-state index is 0.439. The van der Waals surface area contributed by atoms with Gasteiger partial charge in [0.25, 0.3) is 0 Å². The molecule has 21 heavy (non-hydrogen) atoms. The Morgan fingerprint density at radius 2 is 1.62 bits per heavy atom. The number of hydrogen-bond acceptors (Lipinski definition) is 2. The predicted octanol–water partition coefficient (Wildman–Crippen LogP) is 3.62. The number of ether oxygens (including phenoxy) is 1. The molecule has 0 aliphatic carbocycles. The zero-order valence-electron chi connectivity index (χ0n) is 13.0. The van der Waals surface area contributed by atoms with Crippen LogP contribution in [0.4, 0.5) is 0 Å². The van der Waals surface area contributed by atoms with Gasteiger partial charge in [-0.1, -0.05) is 49.4 Å². The quantitative estimate of drug-likeness (QED) is 0.842. The molecule has 2 aromatic rings. The lowest BCUT2D eigenvalue weighted by Crippen LogP contribution is -2.19. The molecule has 0 saturated heterocycles. The average Bonchev–Trinajstić information content (AvgIpc) is 2.55. The van der Waals surface area contributed by atoms with Crippen LogP contribution in [0.25, 0.3) is 0 Å². The van der Waals surface area contributed by atoms with E-state index in [2.05, 4.69) is 43.3 Å². The maximum Gasteiger partial charge on any atom is 0.122 e. The van der Waals surface area contributed by atoms with Gasteiger partial charge in [-0.15, -0.1) is 0 Å². The highest BCUT2D eigenvalue weighted by atomic mass is 16.5. The summed E-state index contributed by atoms with van der Waals surface area (Å²) >= 11 is 0. The van der Waals surface area contributed by atoms with E-state index in [1.165, 1.54) is 16.7 Å². The summed E-state index contributed by atoms with van der Waals surface area (Å²) in [6, 6.07) is 17.1. The summed E-state index contributed by atoms with van der Waals surface area (Å²) in [5.41, 5.74) is 9.95. The number of methoxy groups -OCH3 is 1. The second kappa shape index (κ2) is 7.84. The number of hydrogen-bond donors (Lipinski definition) is 1. The van der Waals surface area contributed by atoms with E-state index in [0.29, 0.717) is 12.5 Å². The van der Waals surface area contributed by atoms with Gasteiger partial charge >= 0.3 is 0 Å². The van der Waals surface area contributed by atoms with Crippen LogP contribution in [-0.4, -0.2) is 13.7 Å². The Balaban J connectivity index is 2.05. The Morgan fingerprint density at radius 1 is 0.952 bits per heavy atom. The van der Waals surface area contributed by atoms with Crippen LogP contribution in [0.2, 0.25) is 0 Å². The molecule has 1 atom stereocenters. The van der Waals surface area contributed by atoms with Crippen molar-refractivity contribution < 1.29 is 4.74 Å². The van der Waals surface area contributed by atoms with Crippen molar-refractivity contribution in [3.05, 3.63) is 65.2 Å². The van der Waals surface area contributed by atoms with E-state index in [4.69, 9.17) is 10.5 Å². The lowest BCUT2D eigenvalue weighted by atomic mass is 9.92. The first-order valence-corrected chi connectivity index (χ1v) is 7.66. The number of para-hydroxylation sites is 1. The molecule has 2 aromatic carbocycles. The first kappa shape index (κ1) is 15.6. The van der Waals surface area contributed by atoms with Gasteiger partial charge in [-0.3, -0.25) is 0 Å². The van der Waals surface area contributed by atoms with Gasteiger partial charge < -0.3 is 10.5 Å². The van der Waals surface area contributed by atoms with Crippen LogP contribution in [0.5, 0.6) is 5.75 Å². The summed E-state index contributed by atoms with van der Waals surface area (Å²) in [5.74, 6) is 1.39. The Labute approximate surface area is 127 Å². The molecule has 0 fully saturated rings. The van der Waals surface area contributed by atoms with Gasteiger partial charge in [0.1, 0.15) is 5.75 Å². The van der Waals surface area contributed by atoms with Gasteiger partial charge in [-0.25, -0.2) is 0 Å². The van der Waals surface area contributed by atoms with Crippen LogP contribution in [0.15, 0.2) is 48.5 Å². The monoisotopic (exact) mass is 283 g/mol. The first-order valence-electron chi connectivity index (χ1n) is 7.66. The highest BCUT2D eigenvalue weighted by molar-refractivity contribution is 5.34. The summed E-state index contributed by atoms with van der Waals surface area (Å²) in [5, 5.41) is 0. The molecular weight excluding hydrogens is 258 g/mol. The average molecular weight is 283 g/mol. The van der Waals surface area contributed by atoms with Crippen molar-refractivity contribution in [2.24, 2.45) is 11.7 Å². The smallest absolute Gasteiger partial charge is 0.122 e. The van der Waals surface area contributed by atoms with Crippen molar-refractivity contribution in [1.82, 2.24) is 0 Å². The normalized spacial score (nSPS) is 12.1. The van der Waals surface area contributed by atoms with Gasteiger partial charge in [0, 0.05) is 0 Å². The molecule has 0 radical (unpaired) electrons. The van der Waals surface area contributed by atoms with Crippen LogP contribution < -0.4 is 10.5 Å². The molecule has 0 heterocycles. The summed E-state index contributed by atoms with van der Waals surface area (Å²) in [7, 11) is 1.72. The van der Waals surface area contributed by atoms with Crippen LogP contribution in [0.3, 0.4) is 0 Å². The minimum Gasteiger partial charge on any atom is -0.496 e. The van der Waals surface area contributed by atoms with E-state index in [1.807, 2.05) is 12.1 Å². The molecule has 0 saturated carbocycles. The molecular formula is C19H25NO. The fourth-order valence-corrected chi connectivity index (χ4v) is 2.67. The SMILES string of the molecule is CCc1ccc(CC(CN)Cc2ccccc2OC)cc1. The van der Waals surface area contributed by atoms with E-state index in [9.17, 15) is 0 Å². The first-order chi connectivity index (χ1) is 10.3. The van der Waals surface area contributed by atoms with Crippen molar-refractivity contribution in [3.8, 4) is 5.75 Å². The highest BCUT2D eigenvalue weighted by Crippen LogP contribution is 2.22. The summed E-state index contributed by atoms with van der Waals surface area (Å²) in [4.78, 5) is 0. The molecule has 2 rings (SSSR count). The molecule has 2 heteroatoms. The third-order valence-electron chi connectivity index (χ3n) is 3.99. The van der Waals surface area contributed by atoms with Crippen molar-refractivity contribution in [3.63, 3.8) is 0 Å². The summed E-state index contributed by atoms with van der Waals surface area (Å²) in [6.45, 7) is 2.87. The highest BCUT2D eigenvalue weighted by Gasteiger charge is 2.12. The Morgan fingerprint density at radius 3 is 2.24 bits per heavy atom. The molecule has 0 aromatic heterocycles. The molecule has 2 N–H and O–H groups in total. The third kappa shape index (κ3) is 4.33. The molecule has 0 bridgehead atoms. The zero-order valence-corrected chi connectivity index (χ0v) is 13.0. The maximum atomic E-state index is 5.98. The molecule has 0 spiro atoms. The maximum absolute atomic E-state index is 5.98. The topological polar surface area (TPSA) is 35.2 Å². The van der Waals surface area contributed by atoms with Crippen LogP contribution in [0, 0.1) is 5.92 Å². The predicted molar refractivity (Wildman–Crippen MR) is 88.8 cm³/mol. The molecule has 2 nitrogen and oxygen atoms in total. The fourth-order valence-electron chi connectivity index (χ4n) is 2.67. The van der Waals surface area contributed by atoms with Gasteiger partial charge in [0.05, 0.1) is 7.11 Å². The van der Waals surface area contributed by atoms with E-state index in [-0.39, 0.29) is 0 Å². The van der Waals surface area contributed by atoms with Crippen LogP contribution in [0.1, 0.15) is 23.6 Å². The number of rotatable bonds is 7. The lowest BCUT2D eigenvalue weighted by Gasteiger charge is -2.17. The third-order valence-corrected chi connectivity index (χ3v) is 3.99. The van der Waals surface area contributed by atoms with Gasteiger partial charge in [-0.2, -0.15) is 0 Å². The van der Waals surface area contributed by atoms with Crippen LogP contribution in [-0.2, 0) is 19.3 Å². The summed E-state index contributed by atoms with van der Waals surface area (Å²) < 4.78 is 5.43. The van der Waals surface area contributed by atoms with Crippen molar-refractivity contribution in [2.75, 3.05) is 13.7 Å². The van der Waals surface area contributed by atoms with Crippen LogP contribution >= 0.6 is 0 Å². The summed E-state index contributed by atoms with van der Waals surface area (Å²) in [6.07, 6.45) is 3.05. The standard InChI is InChI=1S/C19H25NO/c1-3-15-8-10-16(11-9-15)12-17(14-20)13-18-6-4-5-7-19(18)21-2/h4-11,17H,3,12-14,20H2,1-2H3. The molecule has 0 aliphatic rings. The molecule has 1 unspecified atom stereocenters. The van der Waals surface area contributed by atoms with Crippen molar-refractivity contribution >= 4 is 0 Å². The Bertz CT molecular complexity index is 548. The van der Waals surface area contributed by atoms with E-state index >= 15 is 0 Å². The largest absolute Gasteiger partial charge is 0.496 e.